The molecule has 0 aliphatic heterocycles. The summed E-state index contributed by atoms with van der Waals surface area (Å²) < 4.78 is 9.31. The summed E-state index contributed by atoms with van der Waals surface area (Å²) >= 11 is 5.90. The fraction of sp³-hybridized carbons (Fsp3) is 0.167. The van der Waals surface area contributed by atoms with Crippen LogP contribution < -0.4 is 5.32 Å². The molecule has 0 aliphatic rings. The smallest absolute Gasteiger partial charge is 0.337 e. The lowest BCUT2D eigenvalue weighted by Crippen LogP contribution is -2.16. The number of methoxy groups -OCH3 is 2. The van der Waals surface area contributed by atoms with E-state index in [1.54, 1.807) is 24.3 Å². The zero-order valence-electron chi connectivity index (χ0n) is 13.7. The van der Waals surface area contributed by atoms with E-state index in [4.69, 9.17) is 11.6 Å². The molecule has 0 spiro atoms. The Labute approximate surface area is 149 Å². The maximum absolute atomic E-state index is 12.2. The predicted octanol–water partition coefficient (Wildman–Crippen LogP) is 3.09. The van der Waals surface area contributed by atoms with Gasteiger partial charge in [0.25, 0.3) is 0 Å². The number of carbonyl (C=O) groups is 3. The largest absolute Gasteiger partial charge is 0.465 e. The minimum absolute atomic E-state index is 0.0938. The van der Waals surface area contributed by atoms with Crippen molar-refractivity contribution in [2.24, 2.45) is 0 Å². The second-order valence-electron chi connectivity index (χ2n) is 5.14. The summed E-state index contributed by atoms with van der Waals surface area (Å²) in [5.74, 6) is -1.58. The number of ether oxygens (including phenoxy) is 2. The minimum Gasteiger partial charge on any atom is -0.465 e. The Hall–Kier alpha value is -2.86. The summed E-state index contributed by atoms with van der Waals surface area (Å²) in [7, 11) is 2.45. The monoisotopic (exact) mass is 361 g/mol. The Morgan fingerprint density at radius 3 is 2.08 bits per heavy atom. The number of amides is 1. The van der Waals surface area contributed by atoms with Gasteiger partial charge in [0, 0.05) is 10.7 Å². The molecule has 0 radical (unpaired) electrons. The van der Waals surface area contributed by atoms with E-state index in [0.29, 0.717) is 5.02 Å². The van der Waals surface area contributed by atoms with Crippen LogP contribution in [0.3, 0.4) is 0 Å². The van der Waals surface area contributed by atoms with Gasteiger partial charge in [-0.05, 0) is 35.9 Å². The lowest BCUT2D eigenvalue weighted by molar-refractivity contribution is -0.115. The maximum Gasteiger partial charge on any atom is 0.337 e. The average Bonchev–Trinajstić information content (AvgIpc) is 2.59. The van der Waals surface area contributed by atoms with E-state index >= 15 is 0 Å². The molecule has 1 N–H and O–H groups in total. The van der Waals surface area contributed by atoms with Crippen LogP contribution in [-0.2, 0) is 20.7 Å². The van der Waals surface area contributed by atoms with E-state index in [-0.39, 0.29) is 29.1 Å². The molecule has 7 heteroatoms. The summed E-state index contributed by atoms with van der Waals surface area (Å²) in [6, 6.07) is 11.1. The van der Waals surface area contributed by atoms with Crippen LogP contribution in [0.25, 0.3) is 0 Å². The second-order valence-corrected chi connectivity index (χ2v) is 5.57. The second kappa shape index (κ2) is 8.30. The standard InChI is InChI=1S/C18H16ClNO5/c1-24-17(22)12-8-13(18(23)25-2)10-15(9-12)20-16(21)7-11-4-3-5-14(19)6-11/h3-6,8-10H,7H2,1-2H3,(H,20,21). The maximum atomic E-state index is 12.2. The highest BCUT2D eigenvalue weighted by Gasteiger charge is 2.15. The van der Waals surface area contributed by atoms with Gasteiger partial charge in [-0.3, -0.25) is 4.79 Å². The molecule has 0 bridgehead atoms. The number of anilines is 1. The SMILES string of the molecule is COC(=O)c1cc(NC(=O)Cc2cccc(Cl)c2)cc(C(=O)OC)c1. The number of hydrogen-bond donors (Lipinski definition) is 1. The average molecular weight is 362 g/mol. The molecule has 0 aromatic heterocycles. The zero-order valence-corrected chi connectivity index (χ0v) is 14.4. The minimum atomic E-state index is -0.629. The van der Waals surface area contributed by atoms with Crippen molar-refractivity contribution in [3.8, 4) is 0 Å². The van der Waals surface area contributed by atoms with Gasteiger partial charge < -0.3 is 14.8 Å². The molecule has 1 amide bonds. The molecule has 2 aromatic carbocycles. The van der Waals surface area contributed by atoms with Gasteiger partial charge in [-0.1, -0.05) is 23.7 Å². The van der Waals surface area contributed by atoms with Crippen molar-refractivity contribution in [1.29, 1.82) is 0 Å². The first kappa shape index (κ1) is 18.5. The molecule has 0 heterocycles. The summed E-state index contributed by atoms with van der Waals surface area (Å²) in [6.07, 6.45) is 0.0938. The van der Waals surface area contributed by atoms with Gasteiger partial charge in [-0.25, -0.2) is 9.59 Å². The Kier molecular flexibility index (Phi) is 6.14. The molecule has 25 heavy (non-hydrogen) atoms. The van der Waals surface area contributed by atoms with Crippen LogP contribution in [0.1, 0.15) is 26.3 Å². The summed E-state index contributed by atoms with van der Waals surface area (Å²) in [6.45, 7) is 0. The number of esters is 2. The third-order valence-electron chi connectivity index (χ3n) is 3.31. The van der Waals surface area contributed by atoms with Crippen LogP contribution in [-0.4, -0.2) is 32.1 Å². The highest BCUT2D eigenvalue weighted by Crippen LogP contribution is 2.18. The number of rotatable bonds is 5. The molecule has 0 unspecified atom stereocenters. The fourth-order valence-corrected chi connectivity index (χ4v) is 2.42. The molecule has 6 nitrogen and oxygen atoms in total. The summed E-state index contributed by atoms with van der Waals surface area (Å²) in [4.78, 5) is 35.7. The van der Waals surface area contributed by atoms with Crippen LogP contribution in [0, 0.1) is 0 Å². The van der Waals surface area contributed by atoms with E-state index in [1.807, 2.05) is 0 Å². The van der Waals surface area contributed by atoms with E-state index in [0.717, 1.165) is 5.56 Å². The molecule has 2 aromatic rings. The van der Waals surface area contributed by atoms with Crippen molar-refractivity contribution in [3.05, 3.63) is 64.2 Å². The van der Waals surface area contributed by atoms with Gasteiger partial charge in [0.15, 0.2) is 0 Å². The fourth-order valence-electron chi connectivity index (χ4n) is 2.21. The van der Waals surface area contributed by atoms with Crippen molar-refractivity contribution in [3.63, 3.8) is 0 Å². The normalized spacial score (nSPS) is 10.0. The molecule has 0 aliphatic carbocycles. The molecular formula is C18H16ClNO5. The van der Waals surface area contributed by atoms with Crippen molar-refractivity contribution < 1.29 is 23.9 Å². The van der Waals surface area contributed by atoms with Crippen LogP contribution in [0.15, 0.2) is 42.5 Å². The Balaban J connectivity index is 2.23. The highest BCUT2D eigenvalue weighted by molar-refractivity contribution is 6.30. The Morgan fingerprint density at radius 2 is 1.56 bits per heavy atom. The molecule has 0 atom stereocenters. The topological polar surface area (TPSA) is 81.7 Å². The quantitative estimate of drug-likeness (QED) is 0.827. The first-order chi connectivity index (χ1) is 11.9. The van der Waals surface area contributed by atoms with Crippen molar-refractivity contribution in [2.75, 3.05) is 19.5 Å². The first-order valence-corrected chi connectivity index (χ1v) is 7.66. The third-order valence-corrected chi connectivity index (χ3v) is 3.55. The molecule has 0 saturated carbocycles. The number of nitrogens with one attached hydrogen (secondary N) is 1. The molecular weight excluding hydrogens is 346 g/mol. The van der Waals surface area contributed by atoms with Gasteiger partial charge >= 0.3 is 11.9 Å². The van der Waals surface area contributed by atoms with Crippen molar-refractivity contribution in [2.45, 2.75) is 6.42 Å². The van der Waals surface area contributed by atoms with E-state index in [1.165, 1.54) is 32.4 Å². The first-order valence-electron chi connectivity index (χ1n) is 7.29. The van der Waals surface area contributed by atoms with Crippen molar-refractivity contribution >= 4 is 35.1 Å². The van der Waals surface area contributed by atoms with Crippen LogP contribution >= 0.6 is 11.6 Å². The van der Waals surface area contributed by atoms with Crippen LogP contribution in [0.5, 0.6) is 0 Å². The van der Waals surface area contributed by atoms with E-state index < -0.39 is 11.9 Å². The van der Waals surface area contributed by atoms with Gasteiger partial charge in [-0.15, -0.1) is 0 Å². The Morgan fingerprint density at radius 1 is 0.960 bits per heavy atom. The van der Waals surface area contributed by atoms with E-state index in [9.17, 15) is 14.4 Å². The number of hydrogen-bond acceptors (Lipinski definition) is 5. The molecule has 0 saturated heterocycles. The number of halogens is 1. The van der Waals surface area contributed by atoms with Gasteiger partial charge in [-0.2, -0.15) is 0 Å². The van der Waals surface area contributed by atoms with Crippen LogP contribution in [0.4, 0.5) is 5.69 Å². The van der Waals surface area contributed by atoms with Gasteiger partial charge in [0.1, 0.15) is 0 Å². The van der Waals surface area contributed by atoms with Crippen molar-refractivity contribution in [1.82, 2.24) is 0 Å². The van der Waals surface area contributed by atoms with Gasteiger partial charge in [0.2, 0.25) is 5.91 Å². The lowest BCUT2D eigenvalue weighted by atomic mass is 10.1. The molecule has 2 rings (SSSR count). The zero-order chi connectivity index (χ0) is 18.4. The van der Waals surface area contributed by atoms with E-state index in [2.05, 4.69) is 14.8 Å². The summed E-state index contributed by atoms with van der Waals surface area (Å²) in [5.41, 5.74) is 1.28. The lowest BCUT2D eigenvalue weighted by Gasteiger charge is -2.10. The molecule has 130 valence electrons. The predicted molar refractivity (Wildman–Crippen MR) is 92.9 cm³/mol. The third kappa shape index (κ3) is 5.06. The highest BCUT2D eigenvalue weighted by atomic mass is 35.5. The molecule has 0 fully saturated rings. The number of carbonyl (C=O) groups excluding carboxylic acids is 3. The Bertz CT molecular complexity index is 785. The summed E-state index contributed by atoms with van der Waals surface area (Å²) in [5, 5.41) is 3.18. The van der Waals surface area contributed by atoms with Gasteiger partial charge in [0.05, 0.1) is 31.8 Å². The number of benzene rings is 2. The van der Waals surface area contributed by atoms with Crippen LogP contribution in [0.2, 0.25) is 5.02 Å².